The van der Waals surface area contributed by atoms with Gasteiger partial charge in [-0.3, -0.25) is 96.0 Å². The van der Waals surface area contributed by atoms with Gasteiger partial charge in [0.25, 0.3) is 0 Å². The largest absolute Gasteiger partial charge is 0.445 e. The SMILES string of the molecule is CC[C@H](C)[C@@H]([C@@H](CC(=O)N1CCC[C@H]1[C@H](OC)[C@@H](C)C(=O)N[C@H](C)[C@@H](O)c1ccccc1)OC)N(C)C(=O)[C@@H](NC(=O)[C@H](C(C)C)N(C)C(=O)OCc1ccc(NC(=O)[C@H](CCCNC(N)=O)NC(=O)[C@@H](NC(=O)CCCC(=O)NCCC(=O)N(C)CC(=O)N(C)CC(=O)N(C)CC(=O)N(C)CC(=O)N(C)CC(=O)N(C)CC(=O)N(C)CC(=O)N(C)CC(=O)N(C)CC(=O)N(C)CC(C)=O)C(C)C)cc1)C(C)C. The van der Waals surface area contributed by atoms with E-state index in [-0.39, 0.29) is 107 Å². The average molecular weight is 2020 g/mol. The van der Waals surface area contributed by atoms with Gasteiger partial charge in [-0.25, -0.2) is 9.59 Å². The molecule has 0 aromatic heterocycles. The van der Waals surface area contributed by atoms with Gasteiger partial charge in [-0.1, -0.05) is 111 Å². The van der Waals surface area contributed by atoms with Crippen LogP contribution >= 0.6 is 0 Å². The summed E-state index contributed by atoms with van der Waals surface area (Å²) in [6.45, 7) is 14.6. The second-order valence-electron chi connectivity index (χ2n) is 37.9. The molecular formula is C97H157N21O25. The molecule has 46 nitrogen and oxygen atoms in total. The molecule has 0 radical (unpaired) electrons. The van der Waals surface area contributed by atoms with Crippen molar-refractivity contribution in [3.8, 4) is 0 Å². The van der Waals surface area contributed by atoms with E-state index in [1.807, 2.05) is 19.9 Å². The summed E-state index contributed by atoms with van der Waals surface area (Å²) >= 11 is 0. The van der Waals surface area contributed by atoms with Gasteiger partial charge < -0.3 is 121 Å². The van der Waals surface area contributed by atoms with Gasteiger partial charge in [0.05, 0.1) is 114 Å². The van der Waals surface area contributed by atoms with Gasteiger partial charge in [0.2, 0.25) is 106 Å². The molecule has 1 saturated heterocycles. The Morgan fingerprint density at radius 1 is 0.469 bits per heavy atom. The Morgan fingerprint density at radius 2 is 0.916 bits per heavy atom. The highest BCUT2D eigenvalue weighted by Gasteiger charge is 2.45. The number of primary amides is 1. The summed E-state index contributed by atoms with van der Waals surface area (Å²) in [5, 5.41) is 30.1. The highest BCUT2D eigenvalue weighted by Crippen LogP contribution is 2.31. The number of likely N-dealkylation sites (N-methyl/N-ethyl adjacent to an activating group) is 12. The van der Waals surface area contributed by atoms with E-state index in [1.54, 1.807) is 104 Å². The molecule has 0 saturated carbocycles. The first kappa shape index (κ1) is 124. The number of nitrogens with one attached hydrogen (secondary N) is 7. The normalized spacial score (nSPS) is 14.5. The molecule has 21 amide bonds. The van der Waals surface area contributed by atoms with Crippen molar-refractivity contribution in [2.45, 2.75) is 208 Å². The number of Topliss-reactive ketones (excluding diaryl/α,β-unsaturated/α-hetero) is 1. The van der Waals surface area contributed by atoms with Crippen molar-refractivity contribution < 1.29 is 120 Å². The molecule has 0 bridgehead atoms. The number of ketones is 1. The number of nitrogens with zero attached hydrogens (tertiary/aromatic N) is 13. The number of aliphatic hydroxyl groups is 1. The first-order valence-corrected chi connectivity index (χ1v) is 48.0. The van der Waals surface area contributed by atoms with E-state index >= 15 is 0 Å². The maximum Gasteiger partial charge on any atom is 0.410 e. The number of aliphatic hydroxyl groups excluding tert-OH is 1. The van der Waals surface area contributed by atoms with Crippen LogP contribution in [-0.2, 0) is 112 Å². The number of carbonyl (C=O) groups is 21. The van der Waals surface area contributed by atoms with E-state index in [1.165, 1.54) is 121 Å². The Balaban J connectivity index is 1.51. The number of nitrogens with two attached hydrogens (primary N) is 1. The standard InChI is InChI=1S/C97H157N21O25/c1-26-62(8)88(71(141-24)47-75(123)118-46-32-36-70(118)90(142-25)64(10)91(134)101-65(11)89(133)67-33-28-27-29-34-67)116(22)95(138)86(60(4)5)105-94(137)87(61(6)7)117(23)97(140)143-58-66-39-41-68(42-40-66)102-92(135)69(35-31-44-100-96(98)139)103-93(136)85(59(2)3)104-73(121)38-30-37-72(120)99-45-43-74(122)107(13)49-77(125)109(15)51-79(127)111(17)53-81(129)113(19)55-83(131)115(21)57-84(132)114(20)56-82(130)112(18)54-80(128)110(16)52-78(126)108(14)50-76(124)106(12)48-63(9)119/h27-29,33-34,39-42,59-62,64-65,69-71,85-90,133H,26,30-32,35-38,43-58H2,1-25H3,(H,99,120)(H,101,134)(H,102,135)(H,103,136)(H,104,121)(H,105,137)(H3,98,100,139)/t62-,64+,65+,69-,70-,71+,85-,86-,87-,88-,89+,90+/m0/s1. The van der Waals surface area contributed by atoms with Crippen LogP contribution in [0.15, 0.2) is 54.6 Å². The molecular weight excluding hydrogens is 1860 g/mol. The van der Waals surface area contributed by atoms with Crippen molar-refractivity contribution in [3.63, 3.8) is 0 Å². The first-order valence-electron chi connectivity index (χ1n) is 48.0. The average Bonchev–Trinajstić information content (AvgIpc) is 1.71. The lowest BCUT2D eigenvalue weighted by Gasteiger charge is -2.41. The first-order chi connectivity index (χ1) is 66.9. The number of methoxy groups -OCH3 is 2. The fraction of sp³-hybridized carbons (Fsp3) is 0.660. The van der Waals surface area contributed by atoms with Crippen molar-refractivity contribution in [2.24, 2.45) is 35.3 Å². The Morgan fingerprint density at radius 3 is 1.34 bits per heavy atom. The molecule has 1 aliphatic rings. The van der Waals surface area contributed by atoms with Crippen LogP contribution in [-0.4, -0.2) is 431 Å². The Hall–Kier alpha value is -13.0. The molecule has 0 spiro atoms. The molecule has 12 atom stereocenters. The second-order valence-corrected chi connectivity index (χ2v) is 37.9. The van der Waals surface area contributed by atoms with Crippen LogP contribution in [0.1, 0.15) is 158 Å². The fourth-order valence-corrected chi connectivity index (χ4v) is 15.8. The van der Waals surface area contributed by atoms with Gasteiger partial charge in [0.1, 0.15) is 36.6 Å². The zero-order valence-corrected chi connectivity index (χ0v) is 88.0. The lowest BCUT2D eigenvalue weighted by Crippen LogP contribution is -2.60. The zero-order chi connectivity index (χ0) is 108. The predicted octanol–water partition coefficient (Wildman–Crippen LogP) is -0.559. The van der Waals surface area contributed by atoms with Crippen LogP contribution in [0, 0.1) is 29.6 Å². The van der Waals surface area contributed by atoms with Crippen molar-refractivity contribution in [2.75, 3.05) is 189 Å². The van der Waals surface area contributed by atoms with Crippen LogP contribution in [0.4, 0.5) is 15.3 Å². The van der Waals surface area contributed by atoms with Gasteiger partial charge in [-0.15, -0.1) is 0 Å². The van der Waals surface area contributed by atoms with Crippen LogP contribution in [0.5, 0.6) is 0 Å². The molecule has 46 heteroatoms. The number of amides is 21. The minimum atomic E-state index is -1.23. The lowest BCUT2D eigenvalue weighted by atomic mass is 9.89. The van der Waals surface area contributed by atoms with E-state index in [0.29, 0.717) is 36.9 Å². The van der Waals surface area contributed by atoms with Crippen molar-refractivity contribution in [1.82, 2.24) is 95.6 Å². The molecule has 10 N–H and O–H groups in total. The van der Waals surface area contributed by atoms with E-state index in [2.05, 4.69) is 37.2 Å². The number of benzene rings is 2. The molecule has 2 aromatic rings. The zero-order valence-electron chi connectivity index (χ0n) is 88.0. The Labute approximate surface area is 839 Å². The van der Waals surface area contributed by atoms with Crippen LogP contribution in [0.3, 0.4) is 0 Å². The van der Waals surface area contributed by atoms with Crippen LogP contribution in [0.2, 0.25) is 0 Å². The fourth-order valence-electron chi connectivity index (χ4n) is 15.8. The number of carbonyl (C=O) groups excluding carboxylic acids is 21. The van der Waals surface area contributed by atoms with Gasteiger partial charge in [0.15, 0.2) is 0 Å². The number of likely N-dealkylation sites (tertiary alicyclic amines) is 1. The number of hydrogen-bond acceptors (Lipinski definition) is 25. The second kappa shape index (κ2) is 61.1. The Bertz CT molecular complexity index is 4660. The smallest absolute Gasteiger partial charge is 0.410 e. The van der Waals surface area contributed by atoms with Crippen molar-refractivity contribution in [1.29, 1.82) is 0 Å². The number of rotatable bonds is 59. The predicted molar refractivity (Wildman–Crippen MR) is 528 cm³/mol. The topological polar surface area (TPSA) is 559 Å². The van der Waals surface area contributed by atoms with E-state index in [9.17, 15) is 106 Å². The molecule has 0 unspecified atom stereocenters. The summed E-state index contributed by atoms with van der Waals surface area (Å²) in [4.78, 5) is 294. The number of anilines is 1. The van der Waals surface area contributed by atoms with E-state index < -0.39 is 243 Å². The molecule has 1 aliphatic heterocycles. The molecule has 2 aromatic carbocycles. The van der Waals surface area contributed by atoms with Gasteiger partial charge >= 0.3 is 12.1 Å². The third-order valence-corrected chi connectivity index (χ3v) is 25.1. The molecule has 1 heterocycles. The minimum Gasteiger partial charge on any atom is -0.445 e. The Kier molecular flexibility index (Phi) is 53.0. The molecule has 0 aliphatic carbocycles. The van der Waals surface area contributed by atoms with Crippen molar-refractivity contribution >= 4 is 130 Å². The summed E-state index contributed by atoms with van der Waals surface area (Å²) in [6.07, 6.45) is -2.10. The number of hydrogen-bond donors (Lipinski definition) is 9. The minimum absolute atomic E-state index is 0.00976. The quantitative estimate of drug-likeness (QED) is 0.0375. The van der Waals surface area contributed by atoms with E-state index in [0.717, 1.165) is 49.0 Å². The summed E-state index contributed by atoms with van der Waals surface area (Å²) in [5.74, 6) is -13.1. The van der Waals surface area contributed by atoms with Crippen LogP contribution < -0.4 is 43.0 Å². The summed E-state index contributed by atoms with van der Waals surface area (Å²) in [6, 6.07) is 7.97. The summed E-state index contributed by atoms with van der Waals surface area (Å²) in [5.41, 5.74) is 6.67. The number of urea groups is 1. The summed E-state index contributed by atoms with van der Waals surface area (Å²) < 4.78 is 17.8. The molecule has 800 valence electrons. The maximum absolute atomic E-state index is 14.9. The van der Waals surface area contributed by atoms with Gasteiger partial charge in [-0.05, 0) is 92.9 Å². The van der Waals surface area contributed by atoms with E-state index in [4.69, 9.17) is 19.9 Å². The van der Waals surface area contributed by atoms with Crippen molar-refractivity contribution in [3.05, 3.63) is 65.7 Å². The summed E-state index contributed by atoms with van der Waals surface area (Å²) in [7, 11) is 19.2. The molecule has 1 fully saturated rings. The number of ether oxygens (including phenoxy) is 3. The third-order valence-electron chi connectivity index (χ3n) is 25.1. The highest BCUT2D eigenvalue weighted by atomic mass is 16.6. The molecule has 143 heavy (non-hydrogen) atoms. The van der Waals surface area contributed by atoms with Gasteiger partial charge in [0, 0.05) is 143 Å². The molecule has 3 rings (SSSR count). The van der Waals surface area contributed by atoms with Crippen LogP contribution in [0.25, 0.3) is 0 Å². The lowest BCUT2D eigenvalue weighted by molar-refractivity contribution is -0.148. The third kappa shape index (κ3) is 41.1. The maximum atomic E-state index is 14.9. The highest BCUT2D eigenvalue weighted by molar-refractivity contribution is 6.00. The van der Waals surface area contributed by atoms with Gasteiger partial charge in [-0.2, -0.15) is 0 Å². The monoisotopic (exact) mass is 2020 g/mol.